The van der Waals surface area contributed by atoms with Crippen molar-refractivity contribution in [1.29, 1.82) is 0 Å². The highest BCUT2D eigenvalue weighted by molar-refractivity contribution is 7.89. The van der Waals surface area contributed by atoms with Gasteiger partial charge in [-0.05, 0) is 31.7 Å². The van der Waals surface area contributed by atoms with Gasteiger partial charge in [-0.1, -0.05) is 19.1 Å². The maximum absolute atomic E-state index is 12.2. The molecule has 2 atom stereocenters. The van der Waals surface area contributed by atoms with Crippen molar-refractivity contribution in [3.63, 3.8) is 0 Å². The Labute approximate surface area is 138 Å². The number of carbonyl (C=O) groups is 1. The number of halogens is 1. The third-order valence-electron chi connectivity index (χ3n) is 3.55. The molecule has 0 radical (unpaired) electrons. The van der Waals surface area contributed by atoms with Crippen LogP contribution in [0.25, 0.3) is 0 Å². The molecule has 1 amide bonds. The summed E-state index contributed by atoms with van der Waals surface area (Å²) in [7, 11) is -0.144. The van der Waals surface area contributed by atoms with Gasteiger partial charge in [-0.25, -0.2) is 13.6 Å². The fourth-order valence-electron chi connectivity index (χ4n) is 2.09. The van der Waals surface area contributed by atoms with Gasteiger partial charge in [-0.3, -0.25) is 4.79 Å². The molecular weight excluding hydrogens is 326 g/mol. The molecule has 8 heteroatoms. The molecule has 126 valence electrons. The van der Waals surface area contributed by atoms with Crippen LogP contribution in [0.2, 0.25) is 0 Å². The Morgan fingerprint density at radius 3 is 2.18 bits per heavy atom. The van der Waals surface area contributed by atoms with Crippen LogP contribution in [-0.4, -0.2) is 39.9 Å². The second-order valence-corrected chi connectivity index (χ2v) is 6.76. The number of carbonyl (C=O) groups excluding carboxylic acids is 1. The van der Waals surface area contributed by atoms with Gasteiger partial charge in [0.25, 0.3) is 0 Å². The zero-order valence-electron chi connectivity index (χ0n) is 13.2. The number of amides is 1. The first-order valence-corrected chi connectivity index (χ1v) is 8.27. The van der Waals surface area contributed by atoms with Gasteiger partial charge < -0.3 is 10.2 Å². The molecule has 0 spiro atoms. The summed E-state index contributed by atoms with van der Waals surface area (Å²) in [6.07, 6.45) is 0. The predicted molar refractivity (Wildman–Crippen MR) is 89.3 cm³/mol. The van der Waals surface area contributed by atoms with Crippen molar-refractivity contribution in [2.75, 3.05) is 20.6 Å². The van der Waals surface area contributed by atoms with Gasteiger partial charge in [-0.2, -0.15) is 0 Å². The Bertz CT molecular complexity index is 590. The van der Waals surface area contributed by atoms with Crippen LogP contribution in [0.3, 0.4) is 0 Å². The minimum absolute atomic E-state index is 0. The first-order valence-electron chi connectivity index (χ1n) is 6.72. The van der Waals surface area contributed by atoms with Crippen LogP contribution < -0.4 is 10.5 Å². The minimum atomic E-state index is -3.69. The van der Waals surface area contributed by atoms with E-state index in [-0.39, 0.29) is 35.2 Å². The topological polar surface area (TPSA) is 92.5 Å². The number of hydrogen-bond acceptors (Lipinski definition) is 4. The highest BCUT2D eigenvalue weighted by Crippen LogP contribution is 2.21. The van der Waals surface area contributed by atoms with Crippen molar-refractivity contribution in [3.8, 4) is 0 Å². The van der Waals surface area contributed by atoms with E-state index in [1.54, 1.807) is 31.1 Å². The Kier molecular flexibility index (Phi) is 8.03. The van der Waals surface area contributed by atoms with Crippen molar-refractivity contribution in [2.24, 2.45) is 11.1 Å². The Hall–Kier alpha value is -1.15. The lowest BCUT2D eigenvalue weighted by Crippen LogP contribution is -2.37. The minimum Gasteiger partial charge on any atom is -0.339 e. The van der Waals surface area contributed by atoms with E-state index in [2.05, 4.69) is 5.32 Å². The molecule has 0 fully saturated rings. The van der Waals surface area contributed by atoms with E-state index >= 15 is 0 Å². The van der Waals surface area contributed by atoms with Crippen molar-refractivity contribution in [1.82, 2.24) is 10.2 Å². The molecule has 0 heterocycles. The van der Waals surface area contributed by atoms with Gasteiger partial charge in [0.15, 0.2) is 0 Å². The molecule has 0 aliphatic carbocycles. The molecule has 0 aliphatic heterocycles. The van der Waals surface area contributed by atoms with Crippen LogP contribution in [0.4, 0.5) is 0 Å². The highest BCUT2D eigenvalue weighted by Gasteiger charge is 2.22. The lowest BCUT2D eigenvalue weighted by atomic mass is 10.0. The molecule has 3 N–H and O–H groups in total. The molecule has 0 aromatic heterocycles. The van der Waals surface area contributed by atoms with Crippen LogP contribution in [0.1, 0.15) is 25.5 Å². The number of hydrogen-bond donors (Lipinski definition) is 2. The molecule has 1 aromatic rings. The second-order valence-electron chi connectivity index (χ2n) is 5.20. The van der Waals surface area contributed by atoms with Gasteiger partial charge in [-0.15, -0.1) is 12.4 Å². The fourth-order valence-corrected chi connectivity index (χ4v) is 2.61. The van der Waals surface area contributed by atoms with Gasteiger partial charge in [0.1, 0.15) is 0 Å². The normalized spacial score (nSPS) is 13.9. The van der Waals surface area contributed by atoms with Gasteiger partial charge in [0.05, 0.1) is 10.9 Å². The molecule has 1 aromatic carbocycles. The summed E-state index contributed by atoms with van der Waals surface area (Å²) in [4.78, 5) is 14.0. The first-order chi connectivity index (χ1) is 9.68. The number of primary sulfonamides is 1. The van der Waals surface area contributed by atoms with Crippen LogP contribution in [0.5, 0.6) is 0 Å². The summed E-state index contributed by atoms with van der Waals surface area (Å²) in [5.41, 5.74) is 0.856. The molecule has 6 nitrogen and oxygen atoms in total. The Morgan fingerprint density at radius 2 is 1.77 bits per heavy atom. The summed E-state index contributed by atoms with van der Waals surface area (Å²) >= 11 is 0. The lowest BCUT2D eigenvalue weighted by Gasteiger charge is -2.28. The largest absolute Gasteiger partial charge is 0.339 e. The smallest absolute Gasteiger partial charge is 0.238 e. The van der Waals surface area contributed by atoms with E-state index < -0.39 is 10.0 Å². The van der Waals surface area contributed by atoms with Crippen molar-refractivity contribution in [3.05, 3.63) is 29.8 Å². The average Bonchev–Trinajstić information content (AvgIpc) is 2.44. The fraction of sp³-hybridized carbons (Fsp3) is 0.500. The number of nitrogens with zero attached hydrogens (tertiary/aromatic N) is 1. The average molecular weight is 350 g/mol. The quantitative estimate of drug-likeness (QED) is 0.805. The van der Waals surface area contributed by atoms with Crippen molar-refractivity contribution in [2.45, 2.75) is 24.8 Å². The van der Waals surface area contributed by atoms with Crippen molar-refractivity contribution < 1.29 is 13.2 Å². The van der Waals surface area contributed by atoms with Crippen LogP contribution in [-0.2, 0) is 14.8 Å². The van der Waals surface area contributed by atoms with Gasteiger partial charge in [0.2, 0.25) is 15.9 Å². The predicted octanol–water partition coefficient (Wildman–Crippen LogP) is 1.13. The molecule has 0 saturated heterocycles. The monoisotopic (exact) mass is 349 g/mol. The number of sulfonamides is 1. The summed E-state index contributed by atoms with van der Waals surface area (Å²) in [5.74, 6) is -0.0847. The molecule has 22 heavy (non-hydrogen) atoms. The standard InChI is InChI=1S/C14H23N3O3S.ClH/c1-10(9-16-3)14(18)17(4)11(2)12-5-7-13(8-6-12)21(15,19)20;/h5-8,10-11,16H,9H2,1-4H3,(H2,15,19,20);1H. The molecule has 0 aliphatic rings. The molecule has 0 saturated carbocycles. The summed E-state index contributed by atoms with van der Waals surface area (Å²) in [5, 5.41) is 8.04. The van der Waals surface area contributed by atoms with E-state index in [1.807, 2.05) is 13.8 Å². The summed E-state index contributed by atoms with van der Waals surface area (Å²) in [6, 6.07) is 6.12. The van der Waals surface area contributed by atoms with Gasteiger partial charge in [0, 0.05) is 19.5 Å². The zero-order valence-corrected chi connectivity index (χ0v) is 14.9. The van der Waals surface area contributed by atoms with Gasteiger partial charge >= 0.3 is 0 Å². The Balaban J connectivity index is 0.00000441. The van der Waals surface area contributed by atoms with E-state index in [1.165, 1.54) is 12.1 Å². The summed E-state index contributed by atoms with van der Waals surface area (Å²) in [6.45, 7) is 4.38. The third kappa shape index (κ3) is 5.24. The maximum Gasteiger partial charge on any atom is 0.238 e. The van der Waals surface area contributed by atoms with E-state index in [9.17, 15) is 13.2 Å². The van der Waals surface area contributed by atoms with E-state index in [0.717, 1.165) is 5.56 Å². The SMILES string of the molecule is CNCC(C)C(=O)N(C)C(C)c1ccc(S(N)(=O)=O)cc1.Cl. The number of benzene rings is 1. The molecule has 0 bridgehead atoms. The third-order valence-corrected chi connectivity index (χ3v) is 4.48. The zero-order chi connectivity index (χ0) is 16.2. The first kappa shape index (κ1) is 20.9. The summed E-state index contributed by atoms with van der Waals surface area (Å²) < 4.78 is 22.4. The maximum atomic E-state index is 12.2. The Morgan fingerprint density at radius 1 is 1.27 bits per heavy atom. The molecule has 1 rings (SSSR count). The highest BCUT2D eigenvalue weighted by atomic mass is 35.5. The number of rotatable bonds is 6. The number of nitrogens with one attached hydrogen (secondary N) is 1. The number of nitrogens with two attached hydrogens (primary N) is 1. The van der Waals surface area contributed by atoms with Crippen LogP contribution in [0, 0.1) is 5.92 Å². The van der Waals surface area contributed by atoms with Crippen LogP contribution in [0.15, 0.2) is 29.2 Å². The lowest BCUT2D eigenvalue weighted by molar-refractivity contribution is -0.135. The van der Waals surface area contributed by atoms with E-state index in [0.29, 0.717) is 6.54 Å². The molecular formula is C14H24ClN3O3S. The second kappa shape index (κ2) is 8.47. The molecule has 2 unspecified atom stereocenters. The van der Waals surface area contributed by atoms with Crippen LogP contribution >= 0.6 is 12.4 Å². The van der Waals surface area contributed by atoms with Crippen molar-refractivity contribution >= 4 is 28.3 Å². The van der Waals surface area contributed by atoms with E-state index in [4.69, 9.17) is 5.14 Å².